The lowest BCUT2D eigenvalue weighted by Gasteiger charge is -2.14. The normalized spacial score (nSPS) is 13.8. The topological polar surface area (TPSA) is 100 Å². The van der Waals surface area contributed by atoms with Crippen molar-refractivity contribution >= 4 is 28.3 Å². The van der Waals surface area contributed by atoms with E-state index in [4.69, 9.17) is 16.3 Å². The number of halogens is 2. The lowest BCUT2D eigenvalue weighted by Crippen LogP contribution is -2.15. The van der Waals surface area contributed by atoms with E-state index in [1.807, 2.05) is 0 Å². The van der Waals surface area contributed by atoms with Gasteiger partial charge in [0, 0.05) is 17.6 Å². The molecule has 0 unspecified atom stereocenters. The number of anilines is 1. The largest absolute Gasteiger partial charge is 0.508 e. The number of hydrogen-bond donors (Lipinski definition) is 3. The summed E-state index contributed by atoms with van der Waals surface area (Å²) in [6.45, 7) is 0. The van der Waals surface area contributed by atoms with Gasteiger partial charge < -0.3 is 20.1 Å². The van der Waals surface area contributed by atoms with Crippen molar-refractivity contribution in [2.24, 2.45) is 0 Å². The summed E-state index contributed by atoms with van der Waals surface area (Å²) >= 11 is 6.30. The molecule has 0 bridgehead atoms. The molecule has 7 nitrogen and oxygen atoms in total. The summed E-state index contributed by atoms with van der Waals surface area (Å²) in [4.78, 5) is 23.3. The number of benzene rings is 1. The van der Waals surface area contributed by atoms with Crippen LogP contribution in [-0.4, -0.2) is 34.2 Å². The highest BCUT2D eigenvalue weighted by atomic mass is 35.5. The zero-order chi connectivity index (χ0) is 19.3. The van der Waals surface area contributed by atoms with Crippen molar-refractivity contribution in [3.63, 3.8) is 0 Å². The van der Waals surface area contributed by atoms with E-state index in [1.165, 1.54) is 19.2 Å². The van der Waals surface area contributed by atoms with Crippen LogP contribution in [0.3, 0.4) is 0 Å². The number of nitrogens with one attached hydrogen (secondary N) is 2. The van der Waals surface area contributed by atoms with Crippen molar-refractivity contribution in [3.05, 3.63) is 38.9 Å². The molecule has 2 aromatic heterocycles. The van der Waals surface area contributed by atoms with Gasteiger partial charge in [-0.3, -0.25) is 4.79 Å². The molecular weight excluding hydrogens is 375 g/mol. The number of hydrogen-bond acceptors (Lipinski definition) is 6. The van der Waals surface area contributed by atoms with Crippen molar-refractivity contribution < 1.29 is 14.2 Å². The predicted octanol–water partition coefficient (Wildman–Crippen LogP) is 3.41. The van der Waals surface area contributed by atoms with Crippen LogP contribution in [0.15, 0.2) is 16.9 Å². The monoisotopic (exact) mass is 390 g/mol. The van der Waals surface area contributed by atoms with Crippen molar-refractivity contribution in [3.8, 4) is 23.0 Å². The van der Waals surface area contributed by atoms with Gasteiger partial charge in [0.05, 0.1) is 12.8 Å². The predicted molar refractivity (Wildman–Crippen MR) is 100 cm³/mol. The molecule has 0 spiro atoms. The van der Waals surface area contributed by atoms with E-state index in [0.717, 1.165) is 12.8 Å². The second kappa shape index (κ2) is 6.38. The molecule has 0 amide bonds. The Labute approximate surface area is 158 Å². The van der Waals surface area contributed by atoms with Gasteiger partial charge in [0.1, 0.15) is 22.5 Å². The fourth-order valence-electron chi connectivity index (χ4n) is 3.22. The zero-order valence-electron chi connectivity index (χ0n) is 14.6. The van der Waals surface area contributed by atoms with Crippen LogP contribution < -0.4 is 15.6 Å². The average Bonchev–Trinajstić information content (AvgIpc) is 3.47. The molecule has 1 fully saturated rings. The number of H-pyrrole nitrogens is 1. The smallest absolute Gasteiger partial charge is 0.318 e. The van der Waals surface area contributed by atoms with Crippen LogP contribution in [0.5, 0.6) is 11.8 Å². The SMILES string of the molecule is CNc1nc(OC)nc2c(F)c(-c3cc(O)cc(Cl)c3C3CC3)[nH]c(=O)c12. The third-order valence-electron chi connectivity index (χ3n) is 4.57. The summed E-state index contributed by atoms with van der Waals surface area (Å²) < 4.78 is 20.4. The summed E-state index contributed by atoms with van der Waals surface area (Å²) in [5, 5.41) is 13.0. The van der Waals surface area contributed by atoms with Crippen LogP contribution in [0.1, 0.15) is 24.3 Å². The molecule has 4 rings (SSSR count). The molecular formula is C18H16ClFN4O3. The van der Waals surface area contributed by atoms with Crippen LogP contribution in [0.4, 0.5) is 10.2 Å². The number of fused-ring (bicyclic) bond motifs is 1. The van der Waals surface area contributed by atoms with Gasteiger partial charge in [0.25, 0.3) is 5.56 Å². The lowest BCUT2D eigenvalue weighted by atomic mass is 9.98. The molecule has 27 heavy (non-hydrogen) atoms. The van der Waals surface area contributed by atoms with Crippen LogP contribution in [0.25, 0.3) is 22.2 Å². The summed E-state index contributed by atoms with van der Waals surface area (Å²) in [5.41, 5.74) is 0.247. The molecule has 1 aliphatic rings. The first-order valence-electron chi connectivity index (χ1n) is 8.32. The Hall–Kier alpha value is -2.87. The number of rotatable bonds is 4. The number of phenols is 1. The van der Waals surface area contributed by atoms with Gasteiger partial charge in [-0.05, 0) is 36.5 Å². The maximum atomic E-state index is 15.4. The third-order valence-corrected chi connectivity index (χ3v) is 4.88. The first-order chi connectivity index (χ1) is 12.9. The van der Waals surface area contributed by atoms with Crippen LogP contribution in [0.2, 0.25) is 5.02 Å². The van der Waals surface area contributed by atoms with E-state index < -0.39 is 11.4 Å². The van der Waals surface area contributed by atoms with E-state index in [-0.39, 0.29) is 40.1 Å². The number of phenolic OH excluding ortho intramolecular Hbond substituents is 1. The molecule has 1 aromatic carbocycles. The minimum atomic E-state index is -0.745. The molecule has 9 heteroatoms. The quantitative estimate of drug-likeness (QED) is 0.631. The Bertz CT molecular complexity index is 1130. The lowest BCUT2D eigenvalue weighted by molar-refractivity contribution is 0.382. The average molecular weight is 391 g/mol. The van der Waals surface area contributed by atoms with Gasteiger partial charge in [-0.25, -0.2) is 4.39 Å². The first kappa shape index (κ1) is 17.5. The van der Waals surface area contributed by atoms with Gasteiger partial charge in [-0.15, -0.1) is 0 Å². The van der Waals surface area contributed by atoms with Gasteiger partial charge in [0.15, 0.2) is 5.82 Å². The number of pyridine rings is 1. The number of aromatic hydroxyl groups is 1. The summed E-state index contributed by atoms with van der Waals surface area (Å²) in [6.07, 6.45) is 1.83. The van der Waals surface area contributed by atoms with Gasteiger partial charge in [-0.1, -0.05) is 11.6 Å². The molecule has 0 atom stereocenters. The number of aromatic nitrogens is 3. The molecule has 2 heterocycles. The molecule has 0 radical (unpaired) electrons. The first-order valence-corrected chi connectivity index (χ1v) is 8.70. The Balaban J connectivity index is 2.08. The zero-order valence-corrected chi connectivity index (χ0v) is 15.3. The summed E-state index contributed by atoms with van der Waals surface area (Å²) in [6, 6.07) is 2.75. The van der Waals surface area contributed by atoms with E-state index in [0.29, 0.717) is 16.1 Å². The second-order valence-electron chi connectivity index (χ2n) is 6.34. The van der Waals surface area contributed by atoms with E-state index in [9.17, 15) is 9.90 Å². The molecule has 1 saturated carbocycles. The maximum Gasteiger partial charge on any atom is 0.318 e. The highest BCUT2D eigenvalue weighted by molar-refractivity contribution is 6.32. The Kier molecular flexibility index (Phi) is 4.15. The van der Waals surface area contributed by atoms with E-state index >= 15 is 4.39 Å². The second-order valence-corrected chi connectivity index (χ2v) is 6.75. The summed E-state index contributed by atoms with van der Waals surface area (Å²) in [7, 11) is 2.92. The maximum absolute atomic E-state index is 15.4. The van der Waals surface area contributed by atoms with Gasteiger partial charge >= 0.3 is 6.01 Å². The molecule has 0 aliphatic heterocycles. The Morgan fingerprint density at radius 1 is 1.37 bits per heavy atom. The third kappa shape index (κ3) is 2.86. The van der Waals surface area contributed by atoms with E-state index in [1.54, 1.807) is 7.05 Å². The number of aromatic amines is 1. The van der Waals surface area contributed by atoms with Gasteiger partial charge in [0.2, 0.25) is 0 Å². The van der Waals surface area contributed by atoms with Crippen LogP contribution >= 0.6 is 11.6 Å². The minimum absolute atomic E-state index is 0.0150. The molecule has 1 aliphatic carbocycles. The Morgan fingerprint density at radius 2 is 2.11 bits per heavy atom. The number of ether oxygens (including phenoxy) is 1. The fraction of sp³-hybridized carbons (Fsp3) is 0.278. The van der Waals surface area contributed by atoms with Crippen molar-refractivity contribution in [2.75, 3.05) is 19.5 Å². The number of nitrogens with zero attached hydrogens (tertiary/aromatic N) is 2. The minimum Gasteiger partial charge on any atom is -0.508 e. The van der Waals surface area contributed by atoms with Gasteiger partial charge in [-0.2, -0.15) is 9.97 Å². The molecule has 3 N–H and O–H groups in total. The van der Waals surface area contributed by atoms with Crippen LogP contribution in [0, 0.1) is 5.82 Å². The van der Waals surface area contributed by atoms with Crippen molar-refractivity contribution in [1.29, 1.82) is 0 Å². The summed E-state index contributed by atoms with van der Waals surface area (Å²) in [5.74, 6) is -0.541. The molecule has 3 aromatic rings. The highest BCUT2D eigenvalue weighted by Gasteiger charge is 2.31. The fourth-order valence-corrected chi connectivity index (χ4v) is 3.59. The number of methoxy groups -OCH3 is 1. The molecule has 140 valence electrons. The highest BCUT2D eigenvalue weighted by Crippen LogP contribution is 2.49. The van der Waals surface area contributed by atoms with Crippen LogP contribution in [-0.2, 0) is 0 Å². The van der Waals surface area contributed by atoms with Crippen molar-refractivity contribution in [2.45, 2.75) is 18.8 Å². The standard InChI is InChI=1S/C18H16ClFN4O3/c1-21-16-12-15(23-18(24-16)27-2)13(20)14(22-17(12)26)9-5-8(25)6-10(19)11(9)7-3-4-7/h5-7,25H,3-4H2,1-2H3,(H,22,26)(H,21,23,24). The Morgan fingerprint density at radius 3 is 2.74 bits per heavy atom. The van der Waals surface area contributed by atoms with E-state index in [2.05, 4.69) is 20.3 Å². The molecule has 0 saturated heterocycles. The van der Waals surface area contributed by atoms with Crippen molar-refractivity contribution in [1.82, 2.24) is 15.0 Å².